The average Bonchev–Trinajstić information content (AvgIpc) is 2.02. The molecule has 1 rings (SSSR count). The maximum Gasteiger partial charge on any atom is 1.00 e. The van der Waals surface area contributed by atoms with Crippen LogP contribution in [0.25, 0.3) is 0 Å². The molecule has 4 nitrogen and oxygen atoms in total. The van der Waals surface area contributed by atoms with Crippen LogP contribution < -0.4 is 29.6 Å². The van der Waals surface area contributed by atoms with E-state index in [4.69, 9.17) is 0 Å². The topological polar surface area (TPSA) is 66.4 Å². The molecule has 0 aliphatic heterocycles. The van der Waals surface area contributed by atoms with Gasteiger partial charge < -0.3 is 4.55 Å². The van der Waals surface area contributed by atoms with Crippen LogP contribution in [-0.4, -0.2) is 13.0 Å². The summed E-state index contributed by atoms with van der Waals surface area (Å²) in [4.78, 5) is 0. The predicted molar refractivity (Wildman–Crippen MR) is 40.9 cm³/mol. The molecule has 7 heteroatoms. The molecule has 0 spiro atoms. The molecule has 0 radical (unpaired) electrons. The van der Waals surface area contributed by atoms with Gasteiger partial charge in [-0.05, 0) is 17.7 Å². The molecule has 0 aliphatic rings. The quantitative estimate of drug-likeness (QED) is 0.335. The van der Waals surface area contributed by atoms with Crippen LogP contribution in [0.1, 0.15) is 5.56 Å². The smallest absolute Gasteiger partial charge is 0.726 e. The number of hydrogen-bond acceptors (Lipinski definition) is 4. The average molecular weight is 228 g/mol. The molecule has 72 valence electrons. The molecule has 0 heterocycles. The maximum atomic E-state index is 12.3. The third-order valence-corrected chi connectivity index (χ3v) is 1.69. The second-order valence-corrected chi connectivity index (χ2v) is 3.35. The number of hydrogen-bond donors (Lipinski definition) is 0. The van der Waals surface area contributed by atoms with Crippen LogP contribution in [0.15, 0.2) is 24.3 Å². The Morgan fingerprint density at radius 2 is 1.79 bits per heavy atom. The van der Waals surface area contributed by atoms with Crippen molar-refractivity contribution >= 4 is 10.4 Å². The van der Waals surface area contributed by atoms with E-state index in [0.717, 1.165) is 12.1 Å². The van der Waals surface area contributed by atoms with Gasteiger partial charge >= 0.3 is 29.6 Å². The van der Waals surface area contributed by atoms with E-state index in [1.165, 1.54) is 12.1 Å². The van der Waals surface area contributed by atoms with E-state index >= 15 is 0 Å². The molecule has 0 fully saturated rings. The summed E-state index contributed by atoms with van der Waals surface area (Å²) >= 11 is 0. The molecule has 0 saturated heterocycles. The molecule has 0 bridgehead atoms. The van der Waals surface area contributed by atoms with Crippen LogP contribution in [-0.2, 0) is 21.2 Å². The van der Waals surface area contributed by atoms with Gasteiger partial charge in [-0.1, -0.05) is 12.1 Å². The number of benzene rings is 1. The second-order valence-electron chi connectivity index (χ2n) is 2.30. The molecule has 0 aliphatic carbocycles. The molecular formula is C7H6FNaO4S. The molecule has 1 aromatic carbocycles. The molecule has 0 N–H and O–H groups in total. The standard InChI is InChI=1S/C7H7FO4S.Na/c8-7-3-1-6(2-4-7)5-12-13(9,10)11;/h1-4H,5H2,(H,9,10,11);/q;+1/p-1. The summed E-state index contributed by atoms with van der Waals surface area (Å²) in [6, 6.07) is 4.97. The van der Waals surface area contributed by atoms with Gasteiger partial charge in [0, 0.05) is 0 Å². The van der Waals surface area contributed by atoms with Gasteiger partial charge in [0.05, 0.1) is 6.61 Å². The van der Waals surface area contributed by atoms with Gasteiger partial charge in [-0.15, -0.1) is 0 Å². The maximum absolute atomic E-state index is 12.3. The summed E-state index contributed by atoms with van der Waals surface area (Å²) in [5, 5.41) is 0. The second kappa shape index (κ2) is 5.79. The van der Waals surface area contributed by atoms with Gasteiger partial charge in [0.1, 0.15) is 5.82 Å². The van der Waals surface area contributed by atoms with Crippen molar-refractivity contribution in [2.75, 3.05) is 0 Å². The Hall–Kier alpha value is 0.0200. The molecule has 0 amide bonds. The van der Waals surface area contributed by atoms with Gasteiger partial charge in [0.25, 0.3) is 0 Å². The van der Waals surface area contributed by atoms with E-state index in [1.54, 1.807) is 0 Å². The van der Waals surface area contributed by atoms with E-state index in [0.29, 0.717) is 5.56 Å². The van der Waals surface area contributed by atoms with E-state index in [9.17, 15) is 17.4 Å². The van der Waals surface area contributed by atoms with Crippen LogP contribution >= 0.6 is 0 Å². The van der Waals surface area contributed by atoms with Gasteiger partial charge in [-0.25, -0.2) is 12.8 Å². The third kappa shape index (κ3) is 5.69. The van der Waals surface area contributed by atoms with Gasteiger partial charge in [0.2, 0.25) is 10.4 Å². The SMILES string of the molecule is O=S(=O)([O-])OCc1ccc(F)cc1.[Na+]. The zero-order valence-electron chi connectivity index (χ0n) is 7.44. The first-order valence-electron chi connectivity index (χ1n) is 3.32. The van der Waals surface area contributed by atoms with Gasteiger partial charge in [0.15, 0.2) is 0 Å². The molecule has 1 aromatic rings. The van der Waals surface area contributed by atoms with Gasteiger partial charge in [-0.2, -0.15) is 0 Å². The van der Waals surface area contributed by atoms with Crippen molar-refractivity contribution in [2.45, 2.75) is 6.61 Å². The molecule has 0 atom stereocenters. The third-order valence-electron chi connectivity index (χ3n) is 1.28. The van der Waals surface area contributed by atoms with Crippen LogP contribution in [0, 0.1) is 5.82 Å². The Bertz CT molecular complexity index is 375. The van der Waals surface area contributed by atoms with E-state index in [-0.39, 0.29) is 36.2 Å². The van der Waals surface area contributed by atoms with Crippen LogP contribution in [0.2, 0.25) is 0 Å². The van der Waals surface area contributed by atoms with E-state index in [2.05, 4.69) is 4.18 Å². The minimum atomic E-state index is -4.68. The van der Waals surface area contributed by atoms with Crippen LogP contribution in [0.4, 0.5) is 4.39 Å². The van der Waals surface area contributed by atoms with E-state index in [1.807, 2.05) is 0 Å². The predicted octanol–water partition coefficient (Wildman–Crippen LogP) is -2.19. The Morgan fingerprint density at radius 1 is 1.29 bits per heavy atom. The van der Waals surface area contributed by atoms with Crippen molar-refractivity contribution in [1.82, 2.24) is 0 Å². The Kier molecular flexibility index (Phi) is 5.80. The van der Waals surface area contributed by atoms with Crippen molar-refractivity contribution in [1.29, 1.82) is 0 Å². The molecule has 0 saturated carbocycles. The van der Waals surface area contributed by atoms with Crippen molar-refractivity contribution in [2.24, 2.45) is 0 Å². The van der Waals surface area contributed by atoms with Gasteiger partial charge in [-0.3, -0.25) is 4.18 Å². The number of rotatable bonds is 3. The molecule has 14 heavy (non-hydrogen) atoms. The van der Waals surface area contributed by atoms with Crippen LogP contribution in [0.5, 0.6) is 0 Å². The summed E-state index contributed by atoms with van der Waals surface area (Å²) in [5.41, 5.74) is 0.417. The fourth-order valence-electron chi connectivity index (χ4n) is 0.721. The summed E-state index contributed by atoms with van der Waals surface area (Å²) in [6.07, 6.45) is 0. The van der Waals surface area contributed by atoms with Crippen LogP contribution in [0.3, 0.4) is 0 Å². The molecular weight excluding hydrogens is 222 g/mol. The minimum absolute atomic E-state index is 0. The monoisotopic (exact) mass is 228 g/mol. The normalized spacial score (nSPS) is 10.7. The zero-order chi connectivity index (χ0) is 9.90. The Morgan fingerprint density at radius 3 is 2.21 bits per heavy atom. The largest absolute Gasteiger partial charge is 1.00 e. The van der Waals surface area contributed by atoms with Crippen molar-refractivity contribution in [3.63, 3.8) is 0 Å². The van der Waals surface area contributed by atoms with Crippen molar-refractivity contribution in [3.8, 4) is 0 Å². The fraction of sp³-hybridized carbons (Fsp3) is 0.143. The minimum Gasteiger partial charge on any atom is -0.726 e. The van der Waals surface area contributed by atoms with Crippen molar-refractivity contribution < 1.29 is 51.1 Å². The first-order chi connectivity index (χ1) is 5.97. The number of halogens is 1. The summed E-state index contributed by atoms with van der Waals surface area (Å²) in [5.74, 6) is -0.436. The summed E-state index contributed by atoms with van der Waals surface area (Å²) < 4.78 is 46.3. The summed E-state index contributed by atoms with van der Waals surface area (Å²) in [6.45, 7) is -0.369. The molecule has 0 aromatic heterocycles. The first kappa shape index (κ1) is 14.0. The first-order valence-corrected chi connectivity index (χ1v) is 4.65. The van der Waals surface area contributed by atoms with Crippen molar-refractivity contribution in [3.05, 3.63) is 35.6 Å². The van der Waals surface area contributed by atoms with E-state index < -0.39 is 16.2 Å². The fourth-order valence-corrected chi connectivity index (χ4v) is 1.00. The Labute approximate surface area is 103 Å². The Balaban J connectivity index is 0.00000169. The molecule has 0 unspecified atom stereocenters. The zero-order valence-corrected chi connectivity index (χ0v) is 10.3. The summed E-state index contributed by atoms with van der Waals surface area (Å²) in [7, 11) is -4.68.